The van der Waals surface area contributed by atoms with Crippen LogP contribution in [0.2, 0.25) is 0 Å². The third-order valence-corrected chi connectivity index (χ3v) is 4.10. The number of aliphatic hydroxyl groups excluding tert-OH is 2. The molecule has 1 fully saturated rings. The number of nitrogens with zero attached hydrogens (tertiary/aromatic N) is 5. The zero-order chi connectivity index (χ0) is 15.1. The Hall–Kier alpha value is -1.93. The monoisotopic (exact) mass is 308 g/mol. The molecule has 1 saturated heterocycles. The fraction of sp³-hybridized carbons (Fsp3) is 0.455. The van der Waals surface area contributed by atoms with Crippen molar-refractivity contribution in [1.29, 1.82) is 5.26 Å². The number of anilines is 1. The van der Waals surface area contributed by atoms with Gasteiger partial charge < -0.3 is 20.7 Å². The van der Waals surface area contributed by atoms with Crippen molar-refractivity contribution in [2.24, 2.45) is 0 Å². The van der Waals surface area contributed by atoms with E-state index in [1.54, 1.807) is 6.26 Å². The second kappa shape index (κ2) is 5.12. The average Bonchev–Trinajstić information content (AvgIpc) is 3.02. The molecule has 3 rings (SSSR count). The van der Waals surface area contributed by atoms with Gasteiger partial charge in [-0.1, -0.05) is 0 Å². The smallest absolute Gasteiger partial charge is 0.236 e. The largest absolute Gasteiger partial charge is 0.387 e. The second-order valence-corrected chi connectivity index (χ2v) is 5.42. The lowest BCUT2D eigenvalue weighted by molar-refractivity contribution is -0.0192. The van der Waals surface area contributed by atoms with Crippen LogP contribution in [0.15, 0.2) is 6.33 Å². The Bertz CT molecular complexity index is 729. The van der Waals surface area contributed by atoms with Crippen LogP contribution < -0.4 is 5.73 Å². The standard InChI is InChI=1S/C11H12N6O3S/c1-21-11-7(19)6(18)10(20-11)17-3-14-5-8(13)15-4(2-12)16-9(5)17/h3,6-7,10-11,18-19H,1H3,(H2,13,15,16)/t6-,7+,10-,11-/m1/s1. The van der Waals surface area contributed by atoms with Gasteiger partial charge in [0.15, 0.2) is 17.7 Å². The molecule has 0 saturated carbocycles. The van der Waals surface area contributed by atoms with E-state index in [0.29, 0.717) is 5.52 Å². The molecule has 0 aromatic carbocycles. The lowest BCUT2D eigenvalue weighted by atomic mass is 10.2. The number of nitriles is 1. The number of thioether (sulfide) groups is 1. The van der Waals surface area contributed by atoms with E-state index in [9.17, 15) is 10.2 Å². The predicted molar refractivity (Wildman–Crippen MR) is 73.9 cm³/mol. The van der Waals surface area contributed by atoms with Crippen LogP contribution in [0.5, 0.6) is 0 Å². The molecule has 0 spiro atoms. The summed E-state index contributed by atoms with van der Waals surface area (Å²) in [6, 6.07) is 1.81. The SMILES string of the molecule is CS[C@H]1O[C@@H](n2cnc3c(N)nc(C#N)nc32)[C@H](O)[C@@H]1O. The molecule has 9 nitrogen and oxygen atoms in total. The van der Waals surface area contributed by atoms with Crippen LogP contribution in [0.25, 0.3) is 11.2 Å². The van der Waals surface area contributed by atoms with Crippen molar-refractivity contribution in [3.8, 4) is 6.07 Å². The first-order valence-corrected chi connectivity index (χ1v) is 7.30. The number of aromatic nitrogens is 4. The third-order valence-electron chi connectivity index (χ3n) is 3.25. The summed E-state index contributed by atoms with van der Waals surface area (Å²) in [5.41, 5.74) is 5.75. The number of fused-ring (bicyclic) bond motifs is 1. The Labute approximate surface area is 123 Å². The summed E-state index contributed by atoms with van der Waals surface area (Å²) < 4.78 is 7.05. The molecule has 0 amide bonds. The number of hydrogen-bond donors (Lipinski definition) is 3. The molecule has 110 valence electrons. The minimum atomic E-state index is -1.14. The summed E-state index contributed by atoms with van der Waals surface area (Å²) in [4.78, 5) is 11.9. The third kappa shape index (κ3) is 2.11. The van der Waals surface area contributed by atoms with Gasteiger partial charge in [-0.3, -0.25) is 4.57 Å². The molecule has 2 aromatic rings. The Morgan fingerprint density at radius 2 is 2.19 bits per heavy atom. The first-order chi connectivity index (χ1) is 10.1. The maximum Gasteiger partial charge on any atom is 0.236 e. The Morgan fingerprint density at radius 1 is 1.43 bits per heavy atom. The quantitative estimate of drug-likeness (QED) is 0.650. The van der Waals surface area contributed by atoms with Crippen LogP contribution in [0.4, 0.5) is 5.82 Å². The number of hydrogen-bond acceptors (Lipinski definition) is 9. The summed E-state index contributed by atoms with van der Waals surface area (Å²) in [5, 5.41) is 28.9. The number of rotatable bonds is 2. The van der Waals surface area contributed by atoms with Crippen LogP contribution in [-0.2, 0) is 4.74 Å². The van der Waals surface area contributed by atoms with Gasteiger partial charge in [-0.2, -0.15) is 15.2 Å². The predicted octanol–water partition coefficient (Wildman–Crippen LogP) is -0.780. The highest BCUT2D eigenvalue weighted by molar-refractivity contribution is 7.99. The summed E-state index contributed by atoms with van der Waals surface area (Å²) in [6.07, 6.45) is 0.130. The number of nitrogens with two attached hydrogens (primary N) is 1. The van der Waals surface area contributed by atoms with E-state index in [-0.39, 0.29) is 17.3 Å². The lowest BCUT2D eigenvalue weighted by Crippen LogP contribution is -2.30. The van der Waals surface area contributed by atoms with Crippen LogP contribution in [0.1, 0.15) is 12.1 Å². The van der Waals surface area contributed by atoms with Gasteiger partial charge in [0.1, 0.15) is 29.2 Å². The molecule has 0 radical (unpaired) electrons. The van der Waals surface area contributed by atoms with Crippen molar-refractivity contribution < 1.29 is 14.9 Å². The maximum absolute atomic E-state index is 10.1. The van der Waals surface area contributed by atoms with Crippen molar-refractivity contribution in [2.45, 2.75) is 23.9 Å². The molecule has 10 heteroatoms. The summed E-state index contributed by atoms with van der Waals surface area (Å²) in [7, 11) is 0. The Morgan fingerprint density at radius 3 is 2.81 bits per heavy atom. The van der Waals surface area contributed by atoms with Crippen molar-refractivity contribution in [2.75, 3.05) is 12.0 Å². The van der Waals surface area contributed by atoms with E-state index >= 15 is 0 Å². The first-order valence-electron chi connectivity index (χ1n) is 6.01. The number of aliphatic hydroxyl groups is 2. The van der Waals surface area contributed by atoms with Crippen molar-refractivity contribution in [3.63, 3.8) is 0 Å². The minimum absolute atomic E-state index is 0.0738. The Kier molecular flexibility index (Phi) is 3.42. The fourth-order valence-electron chi connectivity index (χ4n) is 2.23. The molecule has 4 atom stereocenters. The van der Waals surface area contributed by atoms with Gasteiger partial charge in [-0.05, 0) is 6.26 Å². The van der Waals surface area contributed by atoms with Gasteiger partial charge in [0.05, 0.1) is 6.33 Å². The number of nitrogen functional groups attached to an aromatic ring is 1. The topological polar surface area (TPSA) is 143 Å². The van der Waals surface area contributed by atoms with Crippen LogP contribution in [0.3, 0.4) is 0 Å². The van der Waals surface area contributed by atoms with E-state index in [4.69, 9.17) is 15.7 Å². The molecule has 3 heterocycles. The van der Waals surface area contributed by atoms with Crippen molar-refractivity contribution >= 4 is 28.7 Å². The van der Waals surface area contributed by atoms with Crippen LogP contribution in [0, 0.1) is 11.3 Å². The van der Waals surface area contributed by atoms with Gasteiger partial charge in [0.2, 0.25) is 5.82 Å². The normalized spacial score (nSPS) is 28.9. The van der Waals surface area contributed by atoms with Gasteiger partial charge in [-0.15, -0.1) is 11.8 Å². The van der Waals surface area contributed by atoms with Gasteiger partial charge in [-0.25, -0.2) is 4.98 Å². The zero-order valence-corrected chi connectivity index (χ0v) is 11.7. The summed E-state index contributed by atoms with van der Waals surface area (Å²) in [5.74, 6) is -0.0269. The zero-order valence-electron chi connectivity index (χ0n) is 10.9. The van der Waals surface area contributed by atoms with E-state index in [1.165, 1.54) is 22.7 Å². The lowest BCUT2D eigenvalue weighted by Gasteiger charge is -2.16. The average molecular weight is 308 g/mol. The van der Waals surface area contributed by atoms with Gasteiger partial charge >= 0.3 is 0 Å². The van der Waals surface area contributed by atoms with Crippen LogP contribution in [-0.4, -0.2) is 53.6 Å². The highest BCUT2D eigenvalue weighted by atomic mass is 32.2. The van der Waals surface area contributed by atoms with Gasteiger partial charge in [0, 0.05) is 0 Å². The highest BCUT2D eigenvalue weighted by Crippen LogP contribution is 2.35. The minimum Gasteiger partial charge on any atom is -0.387 e. The fourth-order valence-corrected chi connectivity index (χ4v) is 2.89. The van der Waals surface area contributed by atoms with E-state index in [1.807, 2.05) is 6.07 Å². The highest BCUT2D eigenvalue weighted by Gasteiger charge is 2.44. The molecule has 0 bridgehead atoms. The van der Waals surface area contributed by atoms with Crippen molar-refractivity contribution in [1.82, 2.24) is 19.5 Å². The molecular formula is C11H12N6O3S. The van der Waals surface area contributed by atoms with Crippen LogP contribution >= 0.6 is 11.8 Å². The summed E-state index contributed by atoms with van der Waals surface area (Å²) in [6.45, 7) is 0. The molecule has 0 unspecified atom stereocenters. The number of ether oxygens (including phenoxy) is 1. The van der Waals surface area contributed by atoms with E-state index < -0.39 is 23.9 Å². The molecule has 1 aliphatic rings. The van der Waals surface area contributed by atoms with E-state index in [2.05, 4.69) is 15.0 Å². The molecule has 2 aromatic heterocycles. The van der Waals surface area contributed by atoms with Gasteiger partial charge in [0.25, 0.3) is 0 Å². The maximum atomic E-state index is 10.1. The molecule has 0 aliphatic carbocycles. The Balaban J connectivity index is 2.10. The molecule has 21 heavy (non-hydrogen) atoms. The molecular weight excluding hydrogens is 296 g/mol. The number of imidazole rings is 1. The second-order valence-electron chi connectivity index (χ2n) is 4.48. The molecule has 1 aliphatic heterocycles. The first kappa shape index (κ1) is 14.0. The van der Waals surface area contributed by atoms with E-state index in [0.717, 1.165) is 0 Å². The summed E-state index contributed by atoms with van der Waals surface area (Å²) >= 11 is 1.29. The molecule has 4 N–H and O–H groups in total. The van der Waals surface area contributed by atoms with Crippen molar-refractivity contribution in [3.05, 3.63) is 12.2 Å².